The normalized spacial score (nSPS) is 31.3. The number of imide groups is 1. The molecule has 0 aromatic carbocycles. The molecule has 0 saturated carbocycles. The zero-order valence-corrected chi connectivity index (χ0v) is 12.7. The second-order valence-electron chi connectivity index (χ2n) is 6.56. The summed E-state index contributed by atoms with van der Waals surface area (Å²) >= 11 is 0. The Bertz CT molecular complexity index is 620. The van der Waals surface area contributed by atoms with Crippen molar-refractivity contribution in [2.45, 2.75) is 37.8 Å². The van der Waals surface area contributed by atoms with Crippen LogP contribution in [0.3, 0.4) is 0 Å². The first kappa shape index (κ1) is 13.5. The van der Waals surface area contributed by atoms with Crippen LogP contribution in [0.2, 0.25) is 0 Å². The van der Waals surface area contributed by atoms with Crippen LogP contribution in [0.25, 0.3) is 0 Å². The van der Waals surface area contributed by atoms with Crippen molar-refractivity contribution >= 4 is 17.8 Å². The molecule has 2 atom stereocenters. The average Bonchev–Trinajstić information content (AvgIpc) is 3.19. The lowest BCUT2D eigenvalue weighted by molar-refractivity contribution is -0.133. The Labute approximate surface area is 129 Å². The number of fused-ring (bicyclic) bond motifs is 1. The van der Waals surface area contributed by atoms with Crippen molar-refractivity contribution in [2.24, 2.45) is 0 Å². The quantitative estimate of drug-likeness (QED) is 0.776. The fourth-order valence-electron chi connectivity index (χ4n) is 3.99. The molecule has 4 heterocycles. The summed E-state index contributed by atoms with van der Waals surface area (Å²) in [6.45, 7) is 4.12. The standard InChI is InChI=1S/C16H20N4O2/c1-16-7-4-9-19(16)15(22)20(14(16)21)12-6-10-18(11-12)13-5-2-3-8-17-13/h2-3,5,8,12H,4,6-7,9-11H2,1H3/t12?,16-/m0/s1. The summed E-state index contributed by atoms with van der Waals surface area (Å²) < 4.78 is 0. The fourth-order valence-corrected chi connectivity index (χ4v) is 3.99. The first-order valence-corrected chi connectivity index (χ1v) is 7.92. The number of nitrogens with zero attached hydrogens (tertiary/aromatic N) is 4. The third-order valence-electron chi connectivity index (χ3n) is 5.26. The summed E-state index contributed by atoms with van der Waals surface area (Å²) in [4.78, 5) is 35.2. The predicted octanol–water partition coefficient (Wildman–Crippen LogP) is 1.48. The molecular formula is C16H20N4O2. The van der Waals surface area contributed by atoms with E-state index in [4.69, 9.17) is 0 Å². The minimum Gasteiger partial charge on any atom is -0.354 e. The summed E-state index contributed by atoms with van der Waals surface area (Å²) in [5, 5.41) is 0. The lowest BCUT2D eigenvalue weighted by Gasteiger charge is -2.24. The van der Waals surface area contributed by atoms with Crippen molar-refractivity contribution in [1.82, 2.24) is 14.8 Å². The van der Waals surface area contributed by atoms with Crippen molar-refractivity contribution in [3.63, 3.8) is 0 Å². The van der Waals surface area contributed by atoms with Gasteiger partial charge < -0.3 is 9.80 Å². The van der Waals surface area contributed by atoms with E-state index in [-0.39, 0.29) is 18.0 Å². The van der Waals surface area contributed by atoms with Gasteiger partial charge >= 0.3 is 6.03 Å². The van der Waals surface area contributed by atoms with Crippen molar-refractivity contribution in [3.8, 4) is 0 Å². The molecule has 3 amide bonds. The van der Waals surface area contributed by atoms with E-state index in [1.54, 1.807) is 11.1 Å². The Kier molecular flexibility index (Phi) is 2.89. The zero-order chi connectivity index (χ0) is 15.3. The Hall–Kier alpha value is -2.11. The maximum absolute atomic E-state index is 12.8. The molecule has 3 aliphatic rings. The highest BCUT2D eigenvalue weighted by Gasteiger charge is 2.58. The Morgan fingerprint density at radius 3 is 2.86 bits per heavy atom. The van der Waals surface area contributed by atoms with E-state index in [1.807, 2.05) is 25.1 Å². The smallest absolute Gasteiger partial charge is 0.327 e. The first-order valence-electron chi connectivity index (χ1n) is 7.92. The predicted molar refractivity (Wildman–Crippen MR) is 81.4 cm³/mol. The Morgan fingerprint density at radius 2 is 2.14 bits per heavy atom. The molecule has 22 heavy (non-hydrogen) atoms. The van der Waals surface area contributed by atoms with Crippen molar-refractivity contribution in [2.75, 3.05) is 24.5 Å². The lowest BCUT2D eigenvalue weighted by Crippen LogP contribution is -2.45. The fraction of sp³-hybridized carbons (Fsp3) is 0.562. The van der Waals surface area contributed by atoms with Gasteiger partial charge in [0.25, 0.3) is 5.91 Å². The number of rotatable bonds is 2. The van der Waals surface area contributed by atoms with E-state index in [1.165, 1.54) is 4.90 Å². The van der Waals surface area contributed by atoms with Gasteiger partial charge in [-0.1, -0.05) is 6.07 Å². The molecule has 0 N–H and O–H groups in total. The summed E-state index contributed by atoms with van der Waals surface area (Å²) in [6.07, 6.45) is 4.29. The van der Waals surface area contributed by atoms with E-state index in [0.29, 0.717) is 13.1 Å². The molecule has 1 unspecified atom stereocenters. The highest BCUT2D eigenvalue weighted by molar-refractivity contribution is 6.07. The monoisotopic (exact) mass is 300 g/mol. The molecule has 3 saturated heterocycles. The molecule has 0 aliphatic carbocycles. The van der Waals surface area contributed by atoms with Gasteiger partial charge in [0.2, 0.25) is 0 Å². The van der Waals surface area contributed by atoms with E-state index < -0.39 is 5.54 Å². The van der Waals surface area contributed by atoms with E-state index in [0.717, 1.165) is 31.6 Å². The third-order valence-corrected chi connectivity index (χ3v) is 5.26. The molecule has 1 aromatic rings. The van der Waals surface area contributed by atoms with Crippen LogP contribution in [0.5, 0.6) is 0 Å². The minimum atomic E-state index is -0.602. The lowest BCUT2D eigenvalue weighted by atomic mass is 9.99. The van der Waals surface area contributed by atoms with Gasteiger partial charge in [-0.25, -0.2) is 9.78 Å². The number of urea groups is 1. The number of aromatic nitrogens is 1. The summed E-state index contributed by atoms with van der Waals surface area (Å²) in [7, 11) is 0. The summed E-state index contributed by atoms with van der Waals surface area (Å²) in [5.74, 6) is 0.902. The molecule has 116 valence electrons. The van der Waals surface area contributed by atoms with Crippen LogP contribution in [-0.4, -0.2) is 57.9 Å². The molecule has 0 radical (unpaired) electrons. The summed E-state index contributed by atoms with van der Waals surface area (Å²) in [6, 6.07) is 5.68. The Balaban J connectivity index is 1.54. The van der Waals surface area contributed by atoms with Crippen LogP contribution >= 0.6 is 0 Å². The van der Waals surface area contributed by atoms with Gasteiger partial charge in [-0.15, -0.1) is 0 Å². The van der Waals surface area contributed by atoms with Crippen molar-refractivity contribution < 1.29 is 9.59 Å². The maximum atomic E-state index is 12.8. The number of carbonyl (C=O) groups is 2. The van der Waals surface area contributed by atoms with Crippen LogP contribution in [0.4, 0.5) is 10.6 Å². The minimum absolute atomic E-state index is 0.0112. The highest BCUT2D eigenvalue weighted by Crippen LogP contribution is 2.39. The highest BCUT2D eigenvalue weighted by atomic mass is 16.2. The van der Waals surface area contributed by atoms with E-state index in [2.05, 4.69) is 9.88 Å². The number of amides is 3. The topological polar surface area (TPSA) is 56.8 Å². The molecule has 3 aliphatic heterocycles. The van der Waals surface area contributed by atoms with E-state index >= 15 is 0 Å². The van der Waals surface area contributed by atoms with Gasteiger partial charge in [-0.05, 0) is 38.3 Å². The van der Waals surface area contributed by atoms with Crippen LogP contribution < -0.4 is 4.90 Å². The molecule has 0 spiro atoms. The SMILES string of the molecule is C[C@@]12CCCN1C(=O)N(C1CCN(c3ccccn3)C1)C2=O. The van der Waals surface area contributed by atoms with Gasteiger partial charge in [0, 0.05) is 25.8 Å². The van der Waals surface area contributed by atoms with Crippen molar-refractivity contribution in [3.05, 3.63) is 24.4 Å². The number of carbonyl (C=O) groups excluding carboxylic acids is 2. The van der Waals surface area contributed by atoms with Crippen LogP contribution in [0, 0.1) is 0 Å². The van der Waals surface area contributed by atoms with Gasteiger partial charge in [-0.3, -0.25) is 9.69 Å². The third kappa shape index (κ3) is 1.76. The number of hydrogen-bond donors (Lipinski definition) is 0. The molecule has 3 fully saturated rings. The van der Waals surface area contributed by atoms with Crippen LogP contribution in [0.15, 0.2) is 24.4 Å². The molecule has 6 heteroatoms. The summed E-state index contributed by atoms with van der Waals surface area (Å²) in [5.41, 5.74) is -0.602. The average molecular weight is 300 g/mol. The van der Waals surface area contributed by atoms with Crippen molar-refractivity contribution in [1.29, 1.82) is 0 Å². The van der Waals surface area contributed by atoms with Crippen LogP contribution in [0.1, 0.15) is 26.2 Å². The molecular weight excluding hydrogens is 280 g/mol. The second-order valence-corrected chi connectivity index (χ2v) is 6.56. The number of pyridine rings is 1. The van der Waals surface area contributed by atoms with E-state index in [9.17, 15) is 9.59 Å². The number of hydrogen-bond acceptors (Lipinski definition) is 4. The molecule has 0 bridgehead atoms. The van der Waals surface area contributed by atoms with Crippen LogP contribution in [-0.2, 0) is 4.79 Å². The van der Waals surface area contributed by atoms with Gasteiger partial charge in [0.15, 0.2) is 0 Å². The first-order chi connectivity index (χ1) is 10.6. The molecule has 6 nitrogen and oxygen atoms in total. The maximum Gasteiger partial charge on any atom is 0.327 e. The van der Waals surface area contributed by atoms with Gasteiger partial charge in [0.05, 0.1) is 6.04 Å². The molecule has 4 rings (SSSR count). The van der Waals surface area contributed by atoms with Gasteiger partial charge in [0.1, 0.15) is 11.4 Å². The Morgan fingerprint density at radius 1 is 1.27 bits per heavy atom. The largest absolute Gasteiger partial charge is 0.354 e. The number of anilines is 1. The molecule has 1 aromatic heterocycles. The second kappa shape index (κ2) is 4.69. The van der Waals surface area contributed by atoms with Gasteiger partial charge in [-0.2, -0.15) is 0 Å². The zero-order valence-electron chi connectivity index (χ0n) is 12.7.